The molecule has 0 bridgehead atoms. The van der Waals surface area contributed by atoms with Crippen molar-refractivity contribution < 1.29 is 4.74 Å². The van der Waals surface area contributed by atoms with Gasteiger partial charge in [0.15, 0.2) is 5.82 Å². The number of thiophene rings is 1. The van der Waals surface area contributed by atoms with Crippen LogP contribution in [0.1, 0.15) is 12.7 Å². The lowest BCUT2D eigenvalue weighted by Gasteiger charge is -2.08. The van der Waals surface area contributed by atoms with Crippen LogP contribution in [0.2, 0.25) is 0 Å². The summed E-state index contributed by atoms with van der Waals surface area (Å²) in [6, 6.07) is 3.88. The lowest BCUT2D eigenvalue weighted by molar-refractivity contribution is 0.128. The highest BCUT2D eigenvalue weighted by Crippen LogP contribution is 2.19. The fourth-order valence-electron chi connectivity index (χ4n) is 1.43. The Morgan fingerprint density at radius 2 is 2.17 bits per heavy atom. The lowest BCUT2D eigenvalue weighted by atomic mass is 10.4. The summed E-state index contributed by atoms with van der Waals surface area (Å²) in [5.74, 6) is 2.21. The third kappa shape index (κ3) is 3.41. The summed E-state index contributed by atoms with van der Waals surface area (Å²) in [7, 11) is 1.83. The molecule has 0 atom stereocenters. The predicted octanol–water partition coefficient (Wildman–Crippen LogP) is 2.86. The lowest BCUT2D eigenvalue weighted by Crippen LogP contribution is -2.05. The van der Waals surface area contributed by atoms with Gasteiger partial charge in [0.05, 0.1) is 5.69 Å². The molecule has 2 aromatic rings. The zero-order valence-corrected chi connectivity index (χ0v) is 11.3. The van der Waals surface area contributed by atoms with E-state index in [2.05, 4.69) is 20.6 Å². The van der Waals surface area contributed by atoms with Gasteiger partial charge >= 0.3 is 0 Å². The summed E-state index contributed by atoms with van der Waals surface area (Å²) < 4.78 is 5.33. The van der Waals surface area contributed by atoms with Crippen molar-refractivity contribution in [2.24, 2.45) is 0 Å². The summed E-state index contributed by atoms with van der Waals surface area (Å²) in [5, 5.41) is 10.3. The highest BCUT2D eigenvalue weighted by Gasteiger charge is 2.04. The molecule has 6 heteroatoms. The number of nitrogens with one attached hydrogen (secondary N) is 2. The minimum Gasteiger partial charge on any atom is -0.374 e. The van der Waals surface area contributed by atoms with Gasteiger partial charge in [-0.3, -0.25) is 0 Å². The highest BCUT2D eigenvalue weighted by atomic mass is 32.1. The second kappa shape index (κ2) is 6.32. The summed E-state index contributed by atoms with van der Waals surface area (Å²) in [4.78, 5) is 8.75. The molecule has 0 spiro atoms. The molecule has 18 heavy (non-hydrogen) atoms. The molecule has 5 nitrogen and oxygen atoms in total. The Labute approximate surface area is 110 Å². The maximum Gasteiger partial charge on any atom is 0.158 e. The Hall–Kier alpha value is -1.66. The average Bonchev–Trinajstić information content (AvgIpc) is 2.89. The van der Waals surface area contributed by atoms with Crippen molar-refractivity contribution in [2.75, 3.05) is 24.3 Å². The minimum absolute atomic E-state index is 0.421. The van der Waals surface area contributed by atoms with E-state index in [0.29, 0.717) is 19.0 Å². The normalized spacial score (nSPS) is 10.3. The van der Waals surface area contributed by atoms with E-state index in [1.165, 1.54) is 0 Å². The van der Waals surface area contributed by atoms with Crippen molar-refractivity contribution in [1.82, 2.24) is 9.97 Å². The second-order valence-corrected chi connectivity index (χ2v) is 4.36. The summed E-state index contributed by atoms with van der Waals surface area (Å²) in [6.07, 6.45) is 0. The number of nitrogens with zero attached hydrogens (tertiary/aromatic N) is 2. The molecule has 2 N–H and O–H groups in total. The van der Waals surface area contributed by atoms with Crippen molar-refractivity contribution in [3.05, 3.63) is 28.7 Å². The van der Waals surface area contributed by atoms with Crippen LogP contribution in [-0.4, -0.2) is 23.6 Å². The molecule has 0 aliphatic rings. The van der Waals surface area contributed by atoms with Gasteiger partial charge in [-0.2, -0.15) is 11.3 Å². The Kier molecular flexibility index (Phi) is 4.49. The zero-order valence-electron chi connectivity index (χ0n) is 10.4. The van der Waals surface area contributed by atoms with Crippen molar-refractivity contribution in [2.45, 2.75) is 13.5 Å². The fourth-order valence-corrected chi connectivity index (χ4v) is 2.02. The first-order chi connectivity index (χ1) is 8.81. The molecular weight excluding hydrogens is 248 g/mol. The number of hydrogen-bond acceptors (Lipinski definition) is 6. The van der Waals surface area contributed by atoms with Crippen molar-refractivity contribution in [3.8, 4) is 0 Å². The summed E-state index contributed by atoms with van der Waals surface area (Å²) in [5.41, 5.74) is 1.03. The van der Waals surface area contributed by atoms with Gasteiger partial charge in [0.1, 0.15) is 18.2 Å². The maximum absolute atomic E-state index is 5.33. The number of ether oxygens (including phenoxy) is 1. The average molecular weight is 264 g/mol. The molecule has 0 amide bonds. The van der Waals surface area contributed by atoms with Crippen LogP contribution in [0.25, 0.3) is 0 Å². The third-order valence-electron chi connectivity index (χ3n) is 2.26. The molecular formula is C12H16N4OS. The van der Waals surface area contributed by atoms with E-state index in [1.807, 2.05) is 36.9 Å². The molecule has 2 heterocycles. The fraction of sp³-hybridized carbons (Fsp3) is 0.333. The Bertz CT molecular complexity index is 487. The van der Waals surface area contributed by atoms with Crippen LogP contribution in [0.4, 0.5) is 17.3 Å². The molecule has 0 saturated carbocycles. The highest BCUT2D eigenvalue weighted by molar-refractivity contribution is 7.08. The van der Waals surface area contributed by atoms with Crippen molar-refractivity contribution in [3.63, 3.8) is 0 Å². The number of rotatable bonds is 6. The van der Waals surface area contributed by atoms with E-state index in [4.69, 9.17) is 4.74 Å². The van der Waals surface area contributed by atoms with Crippen LogP contribution in [0.3, 0.4) is 0 Å². The van der Waals surface area contributed by atoms with Gasteiger partial charge in [-0.25, -0.2) is 9.97 Å². The maximum atomic E-state index is 5.33. The molecule has 0 saturated heterocycles. The summed E-state index contributed by atoms with van der Waals surface area (Å²) >= 11 is 1.64. The zero-order chi connectivity index (χ0) is 12.8. The quantitative estimate of drug-likeness (QED) is 0.840. The van der Waals surface area contributed by atoms with Gasteiger partial charge in [-0.15, -0.1) is 0 Å². The molecule has 0 fully saturated rings. The van der Waals surface area contributed by atoms with Crippen LogP contribution in [0.5, 0.6) is 0 Å². The van der Waals surface area contributed by atoms with Crippen LogP contribution in [-0.2, 0) is 11.3 Å². The number of hydrogen-bond donors (Lipinski definition) is 2. The first-order valence-electron chi connectivity index (χ1n) is 5.74. The smallest absolute Gasteiger partial charge is 0.158 e. The van der Waals surface area contributed by atoms with E-state index in [1.54, 1.807) is 11.3 Å². The standard InChI is InChI=1S/C12H16N4OS/c1-3-17-7-12-15-10(13-2)6-11(16-12)14-9-4-5-18-8-9/h4-6,8H,3,7H2,1-2H3,(H2,13,14,15,16). The van der Waals surface area contributed by atoms with E-state index >= 15 is 0 Å². The summed E-state index contributed by atoms with van der Waals surface area (Å²) in [6.45, 7) is 3.03. The Morgan fingerprint density at radius 3 is 2.83 bits per heavy atom. The van der Waals surface area contributed by atoms with Gasteiger partial charge < -0.3 is 15.4 Å². The van der Waals surface area contributed by atoms with Gasteiger partial charge in [0, 0.05) is 25.1 Å². The molecule has 0 radical (unpaired) electrons. The monoisotopic (exact) mass is 264 g/mol. The Morgan fingerprint density at radius 1 is 1.33 bits per heavy atom. The van der Waals surface area contributed by atoms with Crippen LogP contribution in [0, 0.1) is 0 Å². The SMILES string of the molecule is CCOCc1nc(NC)cc(Nc2ccsc2)n1. The van der Waals surface area contributed by atoms with Gasteiger partial charge in [-0.1, -0.05) is 0 Å². The first kappa shape index (κ1) is 12.8. The van der Waals surface area contributed by atoms with E-state index in [0.717, 1.165) is 17.3 Å². The third-order valence-corrected chi connectivity index (χ3v) is 2.94. The molecule has 0 aromatic carbocycles. The second-order valence-electron chi connectivity index (χ2n) is 3.58. The van der Waals surface area contributed by atoms with Crippen molar-refractivity contribution >= 4 is 28.7 Å². The van der Waals surface area contributed by atoms with Gasteiger partial charge in [0.2, 0.25) is 0 Å². The molecule has 2 aromatic heterocycles. The van der Waals surface area contributed by atoms with Gasteiger partial charge in [0.25, 0.3) is 0 Å². The first-order valence-corrected chi connectivity index (χ1v) is 6.68. The minimum atomic E-state index is 0.421. The van der Waals surface area contributed by atoms with E-state index in [-0.39, 0.29) is 0 Å². The molecule has 0 aliphatic carbocycles. The van der Waals surface area contributed by atoms with Crippen molar-refractivity contribution in [1.29, 1.82) is 0 Å². The van der Waals surface area contributed by atoms with Crippen LogP contribution < -0.4 is 10.6 Å². The molecule has 0 unspecified atom stereocenters. The van der Waals surface area contributed by atoms with Crippen LogP contribution >= 0.6 is 11.3 Å². The van der Waals surface area contributed by atoms with E-state index < -0.39 is 0 Å². The largest absolute Gasteiger partial charge is 0.374 e. The van der Waals surface area contributed by atoms with E-state index in [9.17, 15) is 0 Å². The number of anilines is 3. The van der Waals surface area contributed by atoms with Crippen LogP contribution in [0.15, 0.2) is 22.9 Å². The topological polar surface area (TPSA) is 59.1 Å². The number of aromatic nitrogens is 2. The molecule has 0 aliphatic heterocycles. The molecule has 96 valence electrons. The Balaban J connectivity index is 2.17. The molecule has 2 rings (SSSR count). The van der Waals surface area contributed by atoms with Gasteiger partial charge in [-0.05, 0) is 18.4 Å². The predicted molar refractivity (Wildman–Crippen MR) is 74.5 cm³/mol.